The molecule has 0 unspecified atom stereocenters. The van der Waals surface area contributed by atoms with Gasteiger partial charge < -0.3 is 19.4 Å². The quantitative estimate of drug-likeness (QED) is 0.521. The van der Waals surface area contributed by atoms with Crippen LogP contribution in [-0.4, -0.2) is 61.6 Å². The van der Waals surface area contributed by atoms with Gasteiger partial charge in [0.25, 0.3) is 5.91 Å². The summed E-state index contributed by atoms with van der Waals surface area (Å²) in [5.41, 5.74) is 3.12. The van der Waals surface area contributed by atoms with E-state index in [0.29, 0.717) is 6.04 Å². The van der Waals surface area contributed by atoms with Gasteiger partial charge in [-0.25, -0.2) is 0 Å². The summed E-state index contributed by atoms with van der Waals surface area (Å²) in [7, 11) is 1.71. The van der Waals surface area contributed by atoms with Crippen LogP contribution in [0.1, 0.15) is 56.0 Å². The van der Waals surface area contributed by atoms with Gasteiger partial charge >= 0.3 is 0 Å². The maximum absolute atomic E-state index is 13.0. The molecule has 0 aromatic heterocycles. The largest absolute Gasteiger partial charge is 0.497 e. The molecule has 5 heteroatoms. The number of ether oxygens (including phenoxy) is 1. The van der Waals surface area contributed by atoms with Gasteiger partial charge in [0.1, 0.15) is 5.75 Å². The lowest BCUT2D eigenvalue weighted by Crippen LogP contribution is -2.45. The molecule has 0 atom stereocenters. The number of rotatable bonds is 10. The van der Waals surface area contributed by atoms with E-state index < -0.39 is 0 Å². The summed E-state index contributed by atoms with van der Waals surface area (Å²) in [4.78, 5) is 19.9. The number of amides is 1. The summed E-state index contributed by atoms with van der Waals surface area (Å²) in [5.74, 6) is 0.988. The molecule has 0 radical (unpaired) electrons. The smallest absolute Gasteiger partial charge is 0.253 e. The molecule has 5 nitrogen and oxygen atoms in total. The lowest BCUT2D eigenvalue weighted by molar-refractivity contribution is 0.0773. The monoisotopic (exact) mass is 437 g/mol. The van der Waals surface area contributed by atoms with E-state index in [1.807, 2.05) is 36.9 Å². The van der Waals surface area contributed by atoms with Gasteiger partial charge in [-0.05, 0) is 75.5 Å². The first kappa shape index (κ1) is 24.1. The van der Waals surface area contributed by atoms with Crippen molar-refractivity contribution < 1.29 is 9.53 Å². The fourth-order valence-electron chi connectivity index (χ4n) is 4.68. The van der Waals surface area contributed by atoms with E-state index in [1.54, 1.807) is 7.11 Å². The predicted molar refractivity (Wildman–Crippen MR) is 133 cm³/mol. The molecule has 32 heavy (non-hydrogen) atoms. The minimum Gasteiger partial charge on any atom is -0.497 e. The molecule has 1 heterocycles. The van der Waals surface area contributed by atoms with Crippen molar-refractivity contribution in [3.8, 4) is 5.75 Å². The number of nitrogens with zero attached hydrogens (tertiary/aromatic N) is 3. The number of benzene rings is 2. The number of hydrogen-bond donors (Lipinski definition) is 0. The minimum absolute atomic E-state index is 0.107. The number of methoxy groups -OCH3 is 1. The Bertz CT molecular complexity index is 857. The molecular weight excluding hydrogens is 398 g/mol. The van der Waals surface area contributed by atoms with Crippen molar-refractivity contribution >= 4 is 11.6 Å². The third-order valence-electron chi connectivity index (χ3n) is 6.50. The van der Waals surface area contributed by atoms with Crippen LogP contribution >= 0.6 is 0 Å². The zero-order valence-electron chi connectivity index (χ0n) is 20.2. The third kappa shape index (κ3) is 6.04. The Labute approximate surface area is 194 Å². The molecule has 2 aromatic carbocycles. The first-order chi connectivity index (χ1) is 15.6. The zero-order valence-corrected chi connectivity index (χ0v) is 20.2. The molecule has 2 aromatic rings. The van der Waals surface area contributed by atoms with Crippen molar-refractivity contribution in [2.24, 2.45) is 0 Å². The van der Waals surface area contributed by atoms with Crippen LogP contribution in [0.2, 0.25) is 0 Å². The van der Waals surface area contributed by atoms with Crippen molar-refractivity contribution in [2.75, 3.05) is 44.7 Å². The van der Waals surface area contributed by atoms with E-state index in [4.69, 9.17) is 4.74 Å². The highest BCUT2D eigenvalue weighted by molar-refractivity contribution is 5.95. The Balaban J connectivity index is 1.88. The van der Waals surface area contributed by atoms with Crippen LogP contribution in [0.5, 0.6) is 5.75 Å². The first-order valence-electron chi connectivity index (χ1n) is 12.1. The van der Waals surface area contributed by atoms with Gasteiger partial charge in [-0.3, -0.25) is 4.79 Å². The Morgan fingerprint density at radius 1 is 1.03 bits per heavy atom. The highest BCUT2D eigenvalue weighted by Gasteiger charge is 2.25. The highest BCUT2D eigenvalue weighted by Crippen LogP contribution is 2.28. The van der Waals surface area contributed by atoms with Crippen LogP contribution in [0.3, 0.4) is 0 Å². The van der Waals surface area contributed by atoms with Crippen molar-refractivity contribution in [3.05, 3.63) is 59.7 Å². The second-order valence-corrected chi connectivity index (χ2v) is 8.58. The van der Waals surface area contributed by atoms with E-state index in [-0.39, 0.29) is 5.91 Å². The number of piperidine rings is 1. The van der Waals surface area contributed by atoms with Crippen LogP contribution in [0.4, 0.5) is 5.69 Å². The Hall–Kier alpha value is -2.53. The third-order valence-corrected chi connectivity index (χ3v) is 6.50. The van der Waals surface area contributed by atoms with Gasteiger partial charge in [-0.15, -0.1) is 0 Å². The number of likely N-dealkylation sites (tertiary alicyclic amines) is 1. The molecule has 0 spiro atoms. The van der Waals surface area contributed by atoms with Crippen molar-refractivity contribution in [3.63, 3.8) is 0 Å². The van der Waals surface area contributed by atoms with E-state index >= 15 is 0 Å². The second-order valence-electron chi connectivity index (χ2n) is 8.58. The molecule has 174 valence electrons. The van der Waals surface area contributed by atoms with Crippen LogP contribution in [0.25, 0.3) is 0 Å². The van der Waals surface area contributed by atoms with Crippen LogP contribution < -0.4 is 9.64 Å². The normalized spacial score (nSPS) is 14.9. The molecule has 1 aliphatic rings. The number of anilines is 1. The lowest BCUT2D eigenvalue weighted by Gasteiger charge is -2.40. The maximum atomic E-state index is 13.0. The van der Waals surface area contributed by atoms with E-state index in [9.17, 15) is 4.79 Å². The molecule has 1 aliphatic heterocycles. The molecular formula is C27H39N3O2. The molecule has 0 aliphatic carbocycles. The molecule has 0 bridgehead atoms. The molecule has 0 saturated carbocycles. The number of hydrogen-bond acceptors (Lipinski definition) is 4. The lowest BCUT2D eigenvalue weighted by atomic mass is 10.00. The molecule has 1 saturated heterocycles. The second kappa shape index (κ2) is 11.9. The van der Waals surface area contributed by atoms with Gasteiger partial charge in [0.05, 0.1) is 7.11 Å². The van der Waals surface area contributed by atoms with Crippen molar-refractivity contribution in [1.82, 2.24) is 9.80 Å². The fraction of sp³-hybridized carbons (Fsp3) is 0.519. The summed E-state index contributed by atoms with van der Waals surface area (Å²) < 4.78 is 5.45. The summed E-state index contributed by atoms with van der Waals surface area (Å²) in [6.45, 7) is 12.0. The van der Waals surface area contributed by atoms with Gasteiger partial charge in [0, 0.05) is 50.0 Å². The molecule has 3 rings (SSSR count). The van der Waals surface area contributed by atoms with Crippen molar-refractivity contribution in [2.45, 2.75) is 52.6 Å². The first-order valence-corrected chi connectivity index (χ1v) is 12.1. The van der Waals surface area contributed by atoms with E-state index in [0.717, 1.165) is 62.6 Å². The van der Waals surface area contributed by atoms with Crippen LogP contribution in [0, 0.1) is 0 Å². The minimum atomic E-state index is 0.107. The number of carbonyl (C=O) groups is 1. The Kier molecular flexibility index (Phi) is 8.98. The zero-order chi connectivity index (χ0) is 22.9. The average Bonchev–Trinajstić information content (AvgIpc) is 2.84. The summed E-state index contributed by atoms with van der Waals surface area (Å²) in [6, 6.07) is 17.0. The standard InChI is InChI=1S/C27H39N3O2/c1-5-16-28-17-14-24(15-18-28)30(21-22-10-8-13-26(19-22)32-4)25-12-9-11-23(20-25)27(31)29(6-2)7-3/h8-13,19-20,24H,5-7,14-18,21H2,1-4H3. The SMILES string of the molecule is CCCN1CCC(N(Cc2cccc(OC)c2)c2cccc(C(=O)N(CC)CC)c2)CC1. The fourth-order valence-corrected chi connectivity index (χ4v) is 4.68. The van der Waals surface area contributed by atoms with Crippen LogP contribution in [0.15, 0.2) is 48.5 Å². The molecule has 1 fully saturated rings. The summed E-state index contributed by atoms with van der Waals surface area (Å²) >= 11 is 0. The maximum Gasteiger partial charge on any atom is 0.253 e. The van der Waals surface area contributed by atoms with Gasteiger partial charge in [-0.2, -0.15) is 0 Å². The predicted octanol–water partition coefficient (Wildman–Crippen LogP) is 5.06. The van der Waals surface area contributed by atoms with E-state index in [1.165, 1.54) is 18.5 Å². The van der Waals surface area contributed by atoms with Crippen LogP contribution in [-0.2, 0) is 6.54 Å². The highest BCUT2D eigenvalue weighted by atomic mass is 16.5. The van der Waals surface area contributed by atoms with Gasteiger partial charge in [-0.1, -0.05) is 25.1 Å². The number of carbonyl (C=O) groups excluding carboxylic acids is 1. The van der Waals surface area contributed by atoms with Gasteiger partial charge in [0.2, 0.25) is 0 Å². The van der Waals surface area contributed by atoms with Crippen molar-refractivity contribution in [1.29, 1.82) is 0 Å². The average molecular weight is 438 g/mol. The molecule has 1 amide bonds. The Morgan fingerprint density at radius 3 is 2.41 bits per heavy atom. The summed E-state index contributed by atoms with van der Waals surface area (Å²) in [5, 5.41) is 0. The van der Waals surface area contributed by atoms with Gasteiger partial charge in [0.15, 0.2) is 0 Å². The summed E-state index contributed by atoms with van der Waals surface area (Å²) in [6.07, 6.45) is 3.48. The topological polar surface area (TPSA) is 36.0 Å². The Morgan fingerprint density at radius 2 is 1.75 bits per heavy atom. The van der Waals surface area contributed by atoms with E-state index in [2.05, 4.69) is 47.1 Å². The molecule has 0 N–H and O–H groups in total.